The molecular formula is C20H24N2O3. The fourth-order valence-electron chi connectivity index (χ4n) is 3.53. The summed E-state index contributed by atoms with van der Waals surface area (Å²) in [5, 5.41) is 2.85. The molecule has 0 aromatic heterocycles. The van der Waals surface area contributed by atoms with Crippen LogP contribution < -0.4 is 5.32 Å². The number of anilines is 1. The summed E-state index contributed by atoms with van der Waals surface area (Å²) in [6.45, 7) is 2.41. The van der Waals surface area contributed by atoms with E-state index in [1.165, 1.54) is 10.5 Å². The van der Waals surface area contributed by atoms with Gasteiger partial charge in [0.25, 0.3) is 0 Å². The molecule has 25 heavy (non-hydrogen) atoms. The highest BCUT2D eigenvalue weighted by atomic mass is 16.2. The SMILES string of the molecule is CCc1ccc(NC(=O)CCCN2C(=O)[C@H]3CC=CC[C@@H]3C2=O)cc1. The van der Waals surface area contributed by atoms with E-state index in [0.717, 1.165) is 12.1 Å². The van der Waals surface area contributed by atoms with E-state index in [1.807, 2.05) is 36.4 Å². The van der Waals surface area contributed by atoms with Gasteiger partial charge in [-0.25, -0.2) is 0 Å². The number of benzene rings is 1. The summed E-state index contributed by atoms with van der Waals surface area (Å²) in [5.41, 5.74) is 1.99. The molecule has 1 saturated heterocycles. The summed E-state index contributed by atoms with van der Waals surface area (Å²) >= 11 is 0. The largest absolute Gasteiger partial charge is 0.326 e. The van der Waals surface area contributed by atoms with Crippen molar-refractivity contribution in [1.29, 1.82) is 0 Å². The van der Waals surface area contributed by atoms with E-state index < -0.39 is 0 Å². The normalized spacial score (nSPS) is 22.2. The number of hydrogen-bond acceptors (Lipinski definition) is 3. The standard InChI is InChI=1S/C20H24N2O3/c1-2-14-9-11-15(12-10-14)21-18(23)8-5-13-22-19(24)16-6-3-4-7-17(16)20(22)25/h3-4,9-12,16-17H,2,5-8,13H2,1H3,(H,21,23)/t16-,17-/m0/s1. The number of aryl methyl sites for hydroxylation is 1. The minimum absolute atomic E-state index is 0.0742. The number of nitrogens with zero attached hydrogens (tertiary/aromatic N) is 1. The number of nitrogens with one attached hydrogen (secondary N) is 1. The first-order valence-corrected chi connectivity index (χ1v) is 8.99. The van der Waals surface area contributed by atoms with Crippen LogP contribution in [0.5, 0.6) is 0 Å². The molecule has 1 fully saturated rings. The van der Waals surface area contributed by atoms with Crippen molar-refractivity contribution >= 4 is 23.4 Å². The minimum Gasteiger partial charge on any atom is -0.326 e. The van der Waals surface area contributed by atoms with Gasteiger partial charge in [0.05, 0.1) is 11.8 Å². The second-order valence-electron chi connectivity index (χ2n) is 6.69. The van der Waals surface area contributed by atoms with Crippen LogP contribution in [-0.4, -0.2) is 29.2 Å². The molecule has 1 N–H and O–H groups in total. The quantitative estimate of drug-likeness (QED) is 0.639. The molecule has 0 radical (unpaired) electrons. The lowest BCUT2D eigenvalue weighted by molar-refractivity contribution is -0.140. The maximum Gasteiger partial charge on any atom is 0.233 e. The molecule has 5 nitrogen and oxygen atoms in total. The van der Waals surface area contributed by atoms with Crippen LogP contribution in [0.15, 0.2) is 36.4 Å². The third kappa shape index (κ3) is 3.81. The van der Waals surface area contributed by atoms with Crippen LogP contribution in [-0.2, 0) is 20.8 Å². The van der Waals surface area contributed by atoms with E-state index >= 15 is 0 Å². The number of rotatable bonds is 6. The fourth-order valence-corrected chi connectivity index (χ4v) is 3.53. The zero-order valence-electron chi connectivity index (χ0n) is 14.5. The van der Waals surface area contributed by atoms with Crippen LogP contribution in [0.3, 0.4) is 0 Å². The maximum absolute atomic E-state index is 12.3. The molecule has 3 rings (SSSR count). The Labute approximate surface area is 148 Å². The molecule has 1 aliphatic carbocycles. The predicted octanol–water partition coefficient (Wildman–Crippen LogP) is 2.92. The van der Waals surface area contributed by atoms with Gasteiger partial charge < -0.3 is 5.32 Å². The van der Waals surface area contributed by atoms with Gasteiger partial charge in [0.2, 0.25) is 17.7 Å². The Morgan fingerprint density at radius 1 is 1.08 bits per heavy atom. The highest BCUT2D eigenvalue weighted by Crippen LogP contribution is 2.35. The maximum atomic E-state index is 12.3. The van der Waals surface area contributed by atoms with Gasteiger partial charge in [-0.3, -0.25) is 19.3 Å². The Bertz CT molecular complexity index is 667. The number of likely N-dealkylation sites (tertiary alicyclic amines) is 1. The van der Waals surface area contributed by atoms with Crippen molar-refractivity contribution in [2.24, 2.45) is 11.8 Å². The number of carbonyl (C=O) groups is 3. The van der Waals surface area contributed by atoms with Crippen molar-refractivity contribution in [3.05, 3.63) is 42.0 Å². The Kier molecular flexibility index (Phi) is 5.31. The Balaban J connectivity index is 1.46. The summed E-state index contributed by atoms with van der Waals surface area (Å²) in [6.07, 6.45) is 7.01. The van der Waals surface area contributed by atoms with Gasteiger partial charge in [-0.1, -0.05) is 31.2 Å². The first-order chi connectivity index (χ1) is 12.1. The summed E-state index contributed by atoms with van der Waals surface area (Å²) in [4.78, 5) is 38.1. The summed E-state index contributed by atoms with van der Waals surface area (Å²) in [7, 11) is 0. The third-order valence-corrected chi connectivity index (χ3v) is 5.03. The molecule has 0 spiro atoms. The van der Waals surface area contributed by atoms with Crippen LogP contribution in [0.2, 0.25) is 0 Å². The molecule has 1 aliphatic heterocycles. The topological polar surface area (TPSA) is 66.5 Å². The lowest BCUT2D eigenvalue weighted by atomic mass is 9.85. The van der Waals surface area contributed by atoms with E-state index in [9.17, 15) is 14.4 Å². The zero-order valence-corrected chi connectivity index (χ0v) is 14.5. The average molecular weight is 340 g/mol. The molecule has 3 amide bonds. The highest BCUT2D eigenvalue weighted by Gasteiger charge is 2.46. The number of imide groups is 1. The third-order valence-electron chi connectivity index (χ3n) is 5.03. The van der Waals surface area contributed by atoms with Gasteiger partial charge in [0.1, 0.15) is 0 Å². The Morgan fingerprint density at radius 3 is 2.24 bits per heavy atom. The van der Waals surface area contributed by atoms with E-state index in [2.05, 4.69) is 12.2 Å². The number of amides is 3. The summed E-state index contributed by atoms with van der Waals surface area (Å²) in [6, 6.07) is 7.77. The van der Waals surface area contributed by atoms with Crippen LogP contribution in [0.25, 0.3) is 0 Å². The van der Waals surface area contributed by atoms with Crippen LogP contribution in [0.1, 0.15) is 38.2 Å². The first kappa shape index (κ1) is 17.4. The molecule has 1 aromatic rings. The molecular weight excluding hydrogens is 316 g/mol. The monoisotopic (exact) mass is 340 g/mol. The van der Waals surface area contributed by atoms with Gasteiger partial charge in [-0.2, -0.15) is 0 Å². The van der Waals surface area contributed by atoms with Crippen molar-refractivity contribution in [3.8, 4) is 0 Å². The van der Waals surface area contributed by atoms with Gasteiger partial charge in [0, 0.05) is 18.7 Å². The average Bonchev–Trinajstić information content (AvgIpc) is 2.87. The number of fused-ring (bicyclic) bond motifs is 1. The van der Waals surface area contributed by atoms with E-state index in [-0.39, 0.29) is 29.6 Å². The van der Waals surface area contributed by atoms with Crippen molar-refractivity contribution in [2.45, 2.75) is 39.0 Å². The van der Waals surface area contributed by atoms with E-state index in [1.54, 1.807) is 0 Å². The Hall–Kier alpha value is -2.43. The first-order valence-electron chi connectivity index (χ1n) is 8.99. The van der Waals surface area contributed by atoms with Gasteiger partial charge >= 0.3 is 0 Å². The van der Waals surface area contributed by atoms with Gasteiger partial charge in [-0.05, 0) is 43.4 Å². The van der Waals surface area contributed by atoms with Gasteiger partial charge in [-0.15, -0.1) is 0 Å². The molecule has 1 aromatic carbocycles. The molecule has 0 bridgehead atoms. The second kappa shape index (κ2) is 7.64. The van der Waals surface area contributed by atoms with Crippen LogP contribution >= 0.6 is 0 Å². The molecule has 2 aliphatic rings. The molecule has 0 saturated carbocycles. The molecule has 2 atom stereocenters. The van der Waals surface area contributed by atoms with Gasteiger partial charge in [0.15, 0.2) is 0 Å². The molecule has 5 heteroatoms. The van der Waals surface area contributed by atoms with Crippen molar-refractivity contribution < 1.29 is 14.4 Å². The van der Waals surface area contributed by atoms with Crippen LogP contribution in [0, 0.1) is 11.8 Å². The number of carbonyl (C=O) groups excluding carboxylic acids is 3. The zero-order chi connectivity index (χ0) is 17.8. The van der Waals surface area contributed by atoms with Crippen LogP contribution in [0.4, 0.5) is 5.69 Å². The summed E-state index contributed by atoms with van der Waals surface area (Å²) in [5.74, 6) is -0.626. The molecule has 0 unspecified atom stereocenters. The van der Waals surface area contributed by atoms with Crippen molar-refractivity contribution in [3.63, 3.8) is 0 Å². The lowest BCUT2D eigenvalue weighted by Gasteiger charge is -2.14. The lowest BCUT2D eigenvalue weighted by Crippen LogP contribution is -2.32. The Morgan fingerprint density at radius 2 is 1.68 bits per heavy atom. The predicted molar refractivity (Wildman–Crippen MR) is 95.8 cm³/mol. The minimum atomic E-state index is -0.191. The highest BCUT2D eigenvalue weighted by molar-refractivity contribution is 6.05. The molecule has 132 valence electrons. The summed E-state index contributed by atoms with van der Waals surface area (Å²) < 4.78 is 0. The fraction of sp³-hybridized carbons (Fsp3) is 0.450. The van der Waals surface area contributed by atoms with Crippen molar-refractivity contribution in [1.82, 2.24) is 4.90 Å². The van der Waals surface area contributed by atoms with E-state index in [4.69, 9.17) is 0 Å². The van der Waals surface area contributed by atoms with E-state index in [0.29, 0.717) is 32.2 Å². The number of allylic oxidation sites excluding steroid dienone is 2. The van der Waals surface area contributed by atoms with Crippen molar-refractivity contribution in [2.75, 3.05) is 11.9 Å². The smallest absolute Gasteiger partial charge is 0.233 e. The number of hydrogen-bond donors (Lipinski definition) is 1. The molecule has 1 heterocycles. The second-order valence-corrected chi connectivity index (χ2v) is 6.69.